The van der Waals surface area contributed by atoms with Crippen LogP contribution in [-0.2, 0) is 9.84 Å². The van der Waals surface area contributed by atoms with Crippen molar-refractivity contribution in [1.82, 2.24) is 5.32 Å². The van der Waals surface area contributed by atoms with Crippen LogP contribution in [0, 0.1) is 0 Å². The zero-order valence-electron chi connectivity index (χ0n) is 10.2. The number of nitrogen functional groups attached to an aromatic ring is 1. The van der Waals surface area contributed by atoms with Crippen LogP contribution in [-0.4, -0.2) is 32.4 Å². The summed E-state index contributed by atoms with van der Waals surface area (Å²) in [6.07, 6.45) is 0. The molecular formula is C11H14Cl2N2O3S. The van der Waals surface area contributed by atoms with Gasteiger partial charge in [0.1, 0.15) is 0 Å². The monoisotopic (exact) mass is 324 g/mol. The van der Waals surface area contributed by atoms with Gasteiger partial charge in [0.25, 0.3) is 5.91 Å². The highest BCUT2D eigenvalue weighted by Crippen LogP contribution is 2.29. The number of hydrogen-bond acceptors (Lipinski definition) is 4. The van der Waals surface area contributed by atoms with E-state index in [2.05, 4.69) is 5.32 Å². The van der Waals surface area contributed by atoms with Gasteiger partial charge in [0.2, 0.25) is 0 Å². The Labute approximate surface area is 122 Å². The van der Waals surface area contributed by atoms with Crippen LogP contribution in [0.2, 0.25) is 10.0 Å². The quantitative estimate of drug-likeness (QED) is 0.807. The average molecular weight is 325 g/mol. The third-order valence-corrected chi connectivity index (χ3v) is 4.98. The van der Waals surface area contributed by atoms with E-state index in [1.807, 2.05) is 0 Å². The number of amides is 1. The van der Waals surface area contributed by atoms with E-state index in [0.717, 1.165) is 0 Å². The molecule has 1 aromatic rings. The van der Waals surface area contributed by atoms with Crippen molar-refractivity contribution < 1.29 is 13.2 Å². The number of carbonyl (C=O) groups is 1. The fraction of sp³-hybridized carbons (Fsp3) is 0.364. The third-order valence-electron chi connectivity index (χ3n) is 2.46. The van der Waals surface area contributed by atoms with Crippen molar-refractivity contribution in [2.24, 2.45) is 0 Å². The normalized spacial score (nSPS) is 11.3. The fourth-order valence-electron chi connectivity index (χ4n) is 1.31. The van der Waals surface area contributed by atoms with Crippen LogP contribution >= 0.6 is 23.2 Å². The first-order chi connectivity index (χ1) is 8.76. The van der Waals surface area contributed by atoms with E-state index in [-0.39, 0.29) is 39.3 Å². The molecule has 0 fully saturated rings. The molecule has 1 rings (SSSR count). The van der Waals surface area contributed by atoms with Crippen molar-refractivity contribution in [3.8, 4) is 0 Å². The van der Waals surface area contributed by atoms with Crippen molar-refractivity contribution in [3.63, 3.8) is 0 Å². The lowest BCUT2D eigenvalue weighted by atomic mass is 10.2. The van der Waals surface area contributed by atoms with Crippen LogP contribution in [0.25, 0.3) is 0 Å². The molecule has 0 bridgehead atoms. The molecule has 0 aliphatic rings. The zero-order valence-corrected chi connectivity index (χ0v) is 12.6. The van der Waals surface area contributed by atoms with Crippen molar-refractivity contribution in [3.05, 3.63) is 27.7 Å². The summed E-state index contributed by atoms with van der Waals surface area (Å²) in [5.41, 5.74) is 6.02. The van der Waals surface area contributed by atoms with Gasteiger partial charge < -0.3 is 11.1 Å². The zero-order chi connectivity index (χ0) is 14.6. The summed E-state index contributed by atoms with van der Waals surface area (Å²) in [7, 11) is -3.11. The summed E-state index contributed by atoms with van der Waals surface area (Å²) >= 11 is 11.6. The molecule has 0 aliphatic heterocycles. The molecule has 1 aromatic carbocycles. The van der Waals surface area contributed by atoms with Crippen LogP contribution in [0.3, 0.4) is 0 Å². The Morgan fingerprint density at radius 3 is 2.53 bits per heavy atom. The van der Waals surface area contributed by atoms with Gasteiger partial charge in [-0.05, 0) is 12.1 Å². The number of halogens is 2. The van der Waals surface area contributed by atoms with E-state index in [0.29, 0.717) is 0 Å². The minimum absolute atomic E-state index is 0.0369. The van der Waals surface area contributed by atoms with E-state index in [1.54, 1.807) is 6.92 Å². The van der Waals surface area contributed by atoms with Crippen molar-refractivity contribution in [2.75, 3.05) is 23.8 Å². The second kappa shape index (κ2) is 6.45. The highest BCUT2D eigenvalue weighted by molar-refractivity contribution is 7.91. The lowest BCUT2D eigenvalue weighted by molar-refractivity contribution is 0.0956. The molecule has 0 saturated carbocycles. The van der Waals surface area contributed by atoms with Crippen molar-refractivity contribution in [1.29, 1.82) is 0 Å². The predicted molar refractivity (Wildman–Crippen MR) is 77.5 cm³/mol. The Morgan fingerprint density at radius 2 is 2.00 bits per heavy atom. The van der Waals surface area contributed by atoms with Gasteiger partial charge in [0, 0.05) is 17.9 Å². The highest BCUT2D eigenvalue weighted by atomic mass is 35.5. The summed E-state index contributed by atoms with van der Waals surface area (Å²) in [5.74, 6) is -0.508. The molecule has 0 spiro atoms. The number of anilines is 1. The number of nitrogens with two attached hydrogens (primary N) is 1. The van der Waals surface area contributed by atoms with Gasteiger partial charge in [-0.3, -0.25) is 4.79 Å². The van der Waals surface area contributed by atoms with E-state index in [4.69, 9.17) is 28.9 Å². The van der Waals surface area contributed by atoms with Crippen LogP contribution in [0.15, 0.2) is 12.1 Å². The molecule has 1 amide bonds. The summed E-state index contributed by atoms with van der Waals surface area (Å²) in [6.45, 7) is 1.59. The first-order valence-electron chi connectivity index (χ1n) is 5.50. The second-order valence-corrected chi connectivity index (χ2v) is 7.11. The SMILES string of the molecule is CCS(=O)(=O)CCNC(=O)c1cc(N)c(Cl)c(Cl)c1. The topological polar surface area (TPSA) is 89.3 Å². The van der Waals surface area contributed by atoms with Gasteiger partial charge >= 0.3 is 0 Å². The molecule has 0 atom stereocenters. The van der Waals surface area contributed by atoms with Crippen LogP contribution < -0.4 is 11.1 Å². The number of nitrogens with one attached hydrogen (secondary N) is 1. The number of rotatable bonds is 5. The van der Waals surface area contributed by atoms with Crippen LogP contribution in [0.5, 0.6) is 0 Å². The van der Waals surface area contributed by atoms with E-state index in [9.17, 15) is 13.2 Å². The molecule has 3 N–H and O–H groups in total. The Balaban J connectivity index is 2.70. The standard InChI is InChI=1S/C11H14Cl2N2O3S/c1-2-19(17,18)4-3-15-11(16)7-5-8(12)10(13)9(14)6-7/h5-6H,2-4,14H2,1H3,(H,15,16). The summed E-state index contributed by atoms with van der Waals surface area (Å²) in [5, 5.41) is 2.85. The molecule has 106 valence electrons. The maximum atomic E-state index is 11.8. The summed E-state index contributed by atoms with van der Waals surface area (Å²) < 4.78 is 22.5. The van der Waals surface area contributed by atoms with Crippen LogP contribution in [0.4, 0.5) is 5.69 Å². The van der Waals surface area contributed by atoms with Gasteiger partial charge in [0.05, 0.1) is 21.5 Å². The molecule has 5 nitrogen and oxygen atoms in total. The smallest absolute Gasteiger partial charge is 0.251 e. The van der Waals surface area contributed by atoms with E-state index >= 15 is 0 Å². The minimum atomic E-state index is -3.11. The van der Waals surface area contributed by atoms with E-state index < -0.39 is 15.7 Å². The molecular weight excluding hydrogens is 311 g/mol. The average Bonchev–Trinajstić information content (AvgIpc) is 2.35. The van der Waals surface area contributed by atoms with Gasteiger partial charge in [-0.15, -0.1) is 0 Å². The van der Waals surface area contributed by atoms with Gasteiger partial charge in [-0.2, -0.15) is 0 Å². The molecule has 0 aromatic heterocycles. The van der Waals surface area contributed by atoms with Gasteiger partial charge in [-0.25, -0.2) is 8.42 Å². The lowest BCUT2D eigenvalue weighted by Crippen LogP contribution is -2.29. The first kappa shape index (κ1) is 16.1. The van der Waals surface area contributed by atoms with Gasteiger partial charge in [-0.1, -0.05) is 30.1 Å². The number of carbonyl (C=O) groups excluding carboxylic acids is 1. The minimum Gasteiger partial charge on any atom is -0.397 e. The first-order valence-corrected chi connectivity index (χ1v) is 8.07. The maximum Gasteiger partial charge on any atom is 0.251 e. The predicted octanol–water partition coefficient (Wildman–Crippen LogP) is 1.74. The Morgan fingerprint density at radius 1 is 1.37 bits per heavy atom. The maximum absolute atomic E-state index is 11.8. The number of hydrogen-bond donors (Lipinski definition) is 2. The molecule has 0 unspecified atom stereocenters. The van der Waals surface area contributed by atoms with Gasteiger partial charge in [0.15, 0.2) is 9.84 Å². The Hall–Kier alpha value is -0.980. The molecule has 0 aliphatic carbocycles. The second-order valence-electron chi connectivity index (χ2n) is 3.85. The lowest BCUT2D eigenvalue weighted by Gasteiger charge is -2.08. The van der Waals surface area contributed by atoms with E-state index in [1.165, 1.54) is 12.1 Å². The summed E-state index contributed by atoms with van der Waals surface area (Å²) in [4.78, 5) is 11.8. The largest absolute Gasteiger partial charge is 0.397 e. The number of sulfone groups is 1. The fourth-order valence-corrected chi connectivity index (χ4v) is 2.35. The molecule has 19 heavy (non-hydrogen) atoms. The Kier molecular flexibility index (Phi) is 5.46. The Bertz CT molecular complexity index is 565. The van der Waals surface area contributed by atoms with Crippen molar-refractivity contribution >= 4 is 44.6 Å². The summed E-state index contributed by atoms with van der Waals surface area (Å²) in [6, 6.07) is 2.77. The molecule has 0 saturated heterocycles. The third kappa shape index (κ3) is 4.56. The molecule has 8 heteroatoms. The highest BCUT2D eigenvalue weighted by Gasteiger charge is 2.12. The molecule has 0 radical (unpaired) electrons. The van der Waals surface area contributed by atoms with Crippen molar-refractivity contribution in [2.45, 2.75) is 6.92 Å². The van der Waals surface area contributed by atoms with Crippen LogP contribution in [0.1, 0.15) is 17.3 Å². The number of benzene rings is 1. The molecule has 0 heterocycles.